The van der Waals surface area contributed by atoms with Crippen LogP contribution in [0, 0.1) is 0 Å². The highest BCUT2D eigenvalue weighted by atomic mass is 16.1. The third-order valence-electron chi connectivity index (χ3n) is 1.83. The Hall–Kier alpha value is -0.610. The second kappa shape index (κ2) is 5.11. The largest absolute Gasteiger partial charge is 0.355 e. The minimum Gasteiger partial charge on any atom is -0.355 e. The van der Waals surface area contributed by atoms with E-state index in [2.05, 4.69) is 10.6 Å². The van der Waals surface area contributed by atoms with Crippen LogP contribution in [0.1, 0.15) is 19.3 Å². The van der Waals surface area contributed by atoms with Crippen molar-refractivity contribution in [1.29, 1.82) is 0 Å². The maximum Gasteiger partial charge on any atom is 0.221 e. The van der Waals surface area contributed by atoms with Gasteiger partial charge < -0.3 is 16.4 Å². The molecule has 4 N–H and O–H groups in total. The topological polar surface area (TPSA) is 67.1 Å². The fourth-order valence-electron chi connectivity index (χ4n) is 0.977. The second-order valence-electron chi connectivity index (χ2n) is 3.12. The number of rotatable bonds is 6. The fourth-order valence-corrected chi connectivity index (χ4v) is 0.977. The van der Waals surface area contributed by atoms with Crippen LogP contribution in [0.15, 0.2) is 0 Å². The molecule has 0 saturated heterocycles. The third kappa shape index (κ3) is 4.31. The third-order valence-corrected chi connectivity index (χ3v) is 1.83. The van der Waals surface area contributed by atoms with Crippen molar-refractivity contribution in [3.05, 3.63) is 0 Å². The molecule has 1 aliphatic carbocycles. The molecule has 70 valence electrons. The lowest BCUT2D eigenvalue weighted by molar-refractivity contribution is -0.120. The van der Waals surface area contributed by atoms with Gasteiger partial charge in [-0.25, -0.2) is 0 Å². The van der Waals surface area contributed by atoms with Gasteiger partial charge >= 0.3 is 0 Å². The first kappa shape index (κ1) is 9.48. The predicted molar refractivity (Wildman–Crippen MR) is 47.7 cm³/mol. The maximum absolute atomic E-state index is 11.0. The normalized spacial score (nSPS) is 16.1. The van der Waals surface area contributed by atoms with Gasteiger partial charge in [-0.15, -0.1) is 0 Å². The van der Waals surface area contributed by atoms with Gasteiger partial charge in [-0.05, 0) is 12.8 Å². The van der Waals surface area contributed by atoms with Crippen molar-refractivity contribution in [2.45, 2.75) is 25.3 Å². The van der Waals surface area contributed by atoms with Crippen molar-refractivity contribution in [2.24, 2.45) is 5.73 Å². The Morgan fingerprint density at radius 1 is 1.42 bits per heavy atom. The minimum atomic E-state index is 0.0913. The number of amides is 1. The van der Waals surface area contributed by atoms with Gasteiger partial charge in [-0.2, -0.15) is 0 Å². The van der Waals surface area contributed by atoms with Crippen LogP contribution in [-0.4, -0.2) is 31.6 Å². The molecule has 0 aliphatic heterocycles. The molecule has 1 aliphatic rings. The lowest BCUT2D eigenvalue weighted by Gasteiger charge is -2.03. The summed E-state index contributed by atoms with van der Waals surface area (Å²) in [5.74, 6) is 0.0913. The highest BCUT2D eigenvalue weighted by Gasteiger charge is 2.19. The van der Waals surface area contributed by atoms with Gasteiger partial charge in [0.2, 0.25) is 5.91 Å². The van der Waals surface area contributed by atoms with E-state index in [0.29, 0.717) is 25.6 Å². The van der Waals surface area contributed by atoms with Crippen molar-refractivity contribution >= 4 is 5.91 Å². The molecular formula is C8H17N3O. The minimum absolute atomic E-state index is 0.0913. The molecule has 0 aromatic rings. The van der Waals surface area contributed by atoms with E-state index < -0.39 is 0 Å². The first-order chi connectivity index (χ1) is 5.83. The summed E-state index contributed by atoms with van der Waals surface area (Å²) in [5, 5.41) is 5.99. The molecule has 0 spiro atoms. The Bertz CT molecular complexity index is 145. The summed E-state index contributed by atoms with van der Waals surface area (Å²) in [4.78, 5) is 11.0. The predicted octanol–water partition coefficient (Wildman–Crippen LogP) is -0.797. The zero-order valence-corrected chi connectivity index (χ0v) is 7.31. The molecule has 4 nitrogen and oxygen atoms in total. The first-order valence-corrected chi connectivity index (χ1v) is 4.53. The summed E-state index contributed by atoms with van der Waals surface area (Å²) in [6.45, 7) is 1.89. The van der Waals surface area contributed by atoms with E-state index in [1.165, 1.54) is 12.8 Å². The molecule has 1 rings (SSSR count). The summed E-state index contributed by atoms with van der Waals surface area (Å²) >= 11 is 0. The number of hydrogen-bond acceptors (Lipinski definition) is 3. The van der Waals surface area contributed by atoms with E-state index in [1.54, 1.807) is 0 Å². The highest BCUT2D eigenvalue weighted by molar-refractivity contribution is 5.76. The van der Waals surface area contributed by atoms with E-state index in [-0.39, 0.29) is 5.91 Å². The van der Waals surface area contributed by atoms with E-state index in [4.69, 9.17) is 5.73 Å². The molecule has 0 aromatic heterocycles. The SMILES string of the molecule is NCCNC(=O)CCNC1CC1. The van der Waals surface area contributed by atoms with E-state index in [0.717, 1.165) is 6.54 Å². The Morgan fingerprint density at radius 2 is 2.17 bits per heavy atom. The van der Waals surface area contributed by atoms with Crippen LogP contribution in [0.4, 0.5) is 0 Å². The molecular weight excluding hydrogens is 154 g/mol. The summed E-state index contributed by atoms with van der Waals surface area (Å²) in [6, 6.07) is 0.687. The van der Waals surface area contributed by atoms with Crippen LogP contribution >= 0.6 is 0 Å². The van der Waals surface area contributed by atoms with Crippen LogP contribution in [0.2, 0.25) is 0 Å². The molecule has 1 saturated carbocycles. The maximum atomic E-state index is 11.0. The van der Waals surface area contributed by atoms with Gasteiger partial charge in [0.25, 0.3) is 0 Å². The lowest BCUT2D eigenvalue weighted by atomic mass is 10.4. The molecule has 0 aromatic carbocycles. The zero-order valence-electron chi connectivity index (χ0n) is 7.31. The number of carbonyl (C=O) groups is 1. The fraction of sp³-hybridized carbons (Fsp3) is 0.875. The summed E-state index contributed by atoms with van der Waals surface area (Å²) in [6.07, 6.45) is 3.10. The van der Waals surface area contributed by atoms with Crippen molar-refractivity contribution in [1.82, 2.24) is 10.6 Å². The van der Waals surface area contributed by atoms with Gasteiger partial charge in [0, 0.05) is 32.1 Å². The summed E-state index contributed by atoms with van der Waals surface area (Å²) < 4.78 is 0. The molecule has 12 heavy (non-hydrogen) atoms. The van der Waals surface area contributed by atoms with Gasteiger partial charge in [-0.1, -0.05) is 0 Å². The molecule has 0 heterocycles. The van der Waals surface area contributed by atoms with Crippen LogP contribution in [0.5, 0.6) is 0 Å². The van der Waals surface area contributed by atoms with E-state index in [1.807, 2.05) is 0 Å². The summed E-state index contributed by atoms with van der Waals surface area (Å²) in [7, 11) is 0. The van der Waals surface area contributed by atoms with Crippen LogP contribution in [0.25, 0.3) is 0 Å². The average molecular weight is 171 g/mol. The van der Waals surface area contributed by atoms with Crippen LogP contribution in [-0.2, 0) is 4.79 Å². The standard InChI is InChI=1S/C8H17N3O/c9-4-6-11-8(12)3-5-10-7-1-2-7/h7,10H,1-6,9H2,(H,11,12). The molecule has 1 amide bonds. The van der Waals surface area contributed by atoms with Crippen LogP contribution in [0.3, 0.4) is 0 Å². The smallest absolute Gasteiger partial charge is 0.221 e. The van der Waals surface area contributed by atoms with Gasteiger partial charge in [0.1, 0.15) is 0 Å². The molecule has 0 radical (unpaired) electrons. The quantitative estimate of drug-likeness (QED) is 0.490. The summed E-state index contributed by atoms with van der Waals surface area (Å²) in [5.41, 5.74) is 5.23. The molecule has 0 unspecified atom stereocenters. The highest BCUT2D eigenvalue weighted by Crippen LogP contribution is 2.18. The Balaban J connectivity index is 1.86. The van der Waals surface area contributed by atoms with Crippen LogP contribution < -0.4 is 16.4 Å². The van der Waals surface area contributed by atoms with Crippen molar-refractivity contribution in [2.75, 3.05) is 19.6 Å². The van der Waals surface area contributed by atoms with Gasteiger partial charge in [-0.3, -0.25) is 4.79 Å². The van der Waals surface area contributed by atoms with Crippen molar-refractivity contribution in [3.63, 3.8) is 0 Å². The Kier molecular flexibility index (Phi) is 4.04. The average Bonchev–Trinajstić information content (AvgIpc) is 2.84. The van der Waals surface area contributed by atoms with E-state index >= 15 is 0 Å². The Morgan fingerprint density at radius 3 is 2.75 bits per heavy atom. The first-order valence-electron chi connectivity index (χ1n) is 4.53. The number of nitrogens with two attached hydrogens (primary N) is 1. The number of carbonyl (C=O) groups excluding carboxylic acids is 1. The molecule has 4 heteroatoms. The lowest BCUT2D eigenvalue weighted by Crippen LogP contribution is -2.31. The molecule has 1 fully saturated rings. The number of hydrogen-bond donors (Lipinski definition) is 3. The zero-order chi connectivity index (χ0) is 8.81. The molecule has 0 bridgehead atoms. The van der Waals surface area contributed by atoms with Crippen molar-refractivity contribution in [3.8, 4) is 0 Å². The number of nitrogens with one attached hydrogen (secondary N) is 2. The second-order valence-corrected chi connectivity index (χ2v) is 3.12. The van der Waals surface area contributed by atoms with Gasteiger partial charge in [0.15, 0.2) is 0 Å². The van der Waals surface area contributed by atoms with Crippen molar-refractivity contribution < 1.29 is 4.79 Å². The molecule has 0 atom stereocenters. The van der Waals surface area contributed by atoms with E-state index in [9.17, 15) is 4.79 Å². The van der Waals surface area contributed by atoms with Gasteiger partial charge in [0.05, 0.1) is 0 Å². The monoisotopic (exact) mass is 171 g/mol. The Labute approximate surface area is 72.9 Å².